The molecule has 1 saturated heterocycles. The molecule has 0 aromatic heterocycles. The first-order valence-electron chi connectivity index (χ1n) is 12.8. The maximum atomic E-state index is 13.5. The number of carbonyl (C=O) groups excluding carboxylic acids is 3. The van der Waals surface area contributed by atoms with Gasteiger partial charge in [-0.1, -0.05) is 13.8 Å². The van der Waals surface area contributed by atoms with Crippen molar-refractivity contribution in [3.63, 3.8) is 0 Å². The number of carbonyl (C=O) groups is 4. The molecule has 15 nitrogen and oxygen atoms in total. The van der Waals surface area contributed by atoms with Gasteiger partial charge in [0.1, 0.15) is 18.1 Å². The molecule has 38 heavy (non-hydrogen) atoms. The maximum absolute atomic E-state index is 13.5. The quantitative estimate of drug-likeness (QED) is 0.0579. The van der Waals surface area contributed by atoms with Gasteiger partial charge in [0.15, 0.2) is 11.9 Å². The zero-order valence-corrected chi connectivity index (χ0v) is 22.3. The molecule has 1 heterocycles. The van der Waals surface area contributed by atoms with Crippen molar-refractivity contribution >= 4 is 35.6 Å². The summed E-state index contributed by atoms with van der Waals surface area (Å²) in [4.78, 5) is 60.0. The van der Waals surface area contributed by atoms with Crippen molar-refractivity contribution in [3.05, 3.63) is 0 Å². The van der Waals surface area contributed by atoms with Crippen LogP contribution in [0.4, 0.5) is 0 Å². The van der Waals surface area contributed by atoms with Gasteiger partial charge >= 0.3 is 5.97 Å². The Morgan fingerprint density at radius 1 is 0.947 bits per heavy atom. The molecule has 0 aliphatic carbocycles. The topological polar surface area (TPSA) is 271 Å². The third kappa shape index (κ3) is 11.6. The maximum Gasteiger partial charge on any atom is 0.326 e. The van der Waals surface area contributed by atoms with Crippen molar-refractivity contribution in [1.29, 1.82) is 0 Å². The summed E-state index contributed by atoms with van der Waals surface area (Å²) in [5.41, 5.74) is 27.3. The molecule has 15 heteroatoms. The van der Waals surface area contributed by atoms with Gasteiger partial charge in [0, 0.05) is 19.6 Å². The first-order valence-corrected chi connectivity index (χ1v) is 12.8. The Labute approximate surface area is 223 Å². The van der Waals surface area contributed by atoms with E-state index in [0.717, 1.165) is 0 Å². The van der Waals surface area contributed by atoms with Gasteiger partial charge in [0.25, 0.3) is 0 Å². The van der Waals surface area contributed by atoms with Gasteiger partial charge in [0.2, 0.25) is 17.7 Å². The van der Waals surface area contributed by atoms with E-state index in [2.05, 4.69) is 20.6 Å². The first kappa shape index (κ1) is 32.4. The van der Waals surface area contributed by atoms with Crippen LogP contribution in [0.3, 0.4) is 0 Å². The van der Waals surface area contributed by atoms with Gasteiger partial charge in [0.05, 0.1) is 6.04 Å². The first-order chi connectivity index (χ1) is 17.8. The molecule has 4 unspecified atom stereocenters. The predicted octanol–water partition coefficient (Wildman–Crippen LogP) is -2.49. The van der Waals surface area contributed by atoms with E-state index in [1.165, 1.54) is 4.90 Å². The molecular weight excluding hydrogens is 496 g/mol. The fraction of sp³-hybridized carbons (Fsp3) is 0.739. The second kappa shape index (κ2) is 16.3. The molecule has 1 rings (SSSR count). The highest BCUT2D eigenvalue weighted by molar-refractivity contribution is 5.94. The number of carboxylic acids is 1. The molecule has 0 bridgehead atoms. The highest BCUT2D eigenvalue weighted by Gasteiger charge is 2.39. The fourth-order valence-electron chi connectivity index (χ4n) is 4.19. The fourth-order valence-corrected chi connectivity index (χ4v) is 4.19. The second-order valence-corrected chi connectivity index (χ2v) is 9.78. The number of nitrogens with two attached hydrogens (primary N) is 5. The van der Waals surface area contributed by atoms with Gasteiger partial charge in [-0.3, -0.25) is 24.4 Å². The average Bonchev–Trinajstić information content (AvgIpc) is 3.31. The van der Waals surface area contributed by atoms with Gasteiger partial charge in [-0.05, 0) is 50.9 Å². The van der Waals surface area contributed by atoms with Gasteiger partial charge in [-0.15, -0.1) is 0 Å². The van der Waals surface area contributed by atoms with Crippen molar-refractivity contribution in [1.82, 2.24) is 15.5 Å². The number of nitrogens with zero attached hydrogens (tertiary/aromatic N) is 3. The minimum Gasteiger partial charge on any atom is -0.480 e. The van der Waals surface area contributed by atoms with Crippen LogP contribution in [0.1, 0.15) is 58.8 Å². The molecule has 4 atom stereocenters. The van der Waals surface area contributed by atoms with Crippen LogP contribution in [0.2, 0.25) is 0 Å². The zero-order chi connectivity index (χ0) is 28.8. The van der Waals surface area contributed by atoms with Crippen molar-refractivity contribution < 1.29 is 24.3 Å². The summed E-state index contributed by atoms with van der Waals surface area (Å²) < 4.78 is 0. The van der Waals surface area contributed by atoms with E-state index in [0.29, 0.717) is 32.1 Å². The largest absolute Gasteiger partial charge is 0.480 e. The molecule has 1 aliphatic rings. The van der Waals surface area contributed by atoms with Crippen LogP contribution in [0, 0.1) is 5.92 Å². The van der Waals surface area contributed by atoms with Gasteiger partial charge in [-0.25, -0.2) is 4.79 Å². The SMILES string of the molecule is CC(C)CC(N)C(=O)NC(CCCN=C(N)N)C(=O)N1CCCC1C(=O)NC(CCCN=C(N)N)C(=O)O. The summed E-state index contributed by atoms with van der Waals surface area (Å²) >= 11 is 0. The number of amides is 3. The molecule has 13 N–H and O–H groups in total. The number of likely N-dealkylation sites (tertiary alicyclic amines) is 1. The Morgan fingerprint density at radius 2 is 1.50 bits per heavy atom. The molecule has 1 fully saturated rings. The third-order valence-electron chi connectivity index (χ3n) is 6.02. The number of aliphatic imine (C=N–C) groups is 2. The number of hydrogen-bond donors (Lipinski definition) is 8. The Kier molecular flexibility index (Phi) is 13.9. The van der Waals surface area contributed by atoms with Crippen molar-refractivity contribution in [2.75, 3.05) is 19.6 Å². The monoisotopic (exact) mass is 540 g/mol. The number of aliphatic carboxylic acids is 1. The highest BCUT2D eigenvalue weighted by Crippen LogP contribution is 2.20. The number of guanidine groups is 2. The third-order valence-corrected chi connectivity index (χ3v) is 6.02. The van der Waals surface area contributed by atoms with E-state index in [9.17, 15) is 24.3 Å². The molecule has 0 aromatic rings. The van der Waals surface area contributed by atoms with E-state index < -0.39 is 47.9 Å². The summed E-state index contributed by atoms with van der Waals surface area (Å²) in [6.45, 7) is 4.63. The standard InChI is InChI=1S/C23H44N10O5/c1-13(2)12-14(24)18(34)31-15(6-3-9-29-22(25)26)20(36)33-11-5-8-17(33)19(35)32-16(21(37)38)7-4-10-30-23(27)28/h13-17H,3-12,24H2,1-2H3,(H,31,34)(H,32,35)(H,37,38)(H4,25,26,29)(H4,27,28,30). The van der Waals surface area contributed by atoms with Crippen LogP contribution in [0.15, 0.2) is 9.98 Å². The lowest BCUT2D eigenvalue weighted by atomic mass is 10.0. The van der Waals surface area contributed by atoms with E-state index in [4.69, 9.17) is 28.7 Å². The number of rotatable bonds is 16. The van der Waals surface area contributed by atoms with Crippen LogP contribution >= 0.6 is 0 Å². The van der Waals surface area contributed by atoms with Gasteiger partial charge in [-0.2, -0.15) is 0 Å². The summed E-state index contributed by atoms with van der Waals surface area (Å²) in [6, 6.07) is -3.78. The van der Waals surface area contributed by atoms with E-state index >= 15 is 0 Å². The smallest absolute Gasteiger partial charge is 0.326 e. The van der Waals surface area contributed by atoms with Crippen LogP contribution in [0.5, 0.6) is 0 Å². The molecule has 1 aliphatic heterocycles. The Hall–Kier alpha value is -3.62. The lowest BCUT2D eigenvalue weighted by Crippen LogP contribution is -2.56. The molecule has 0 spiro atoms. The second-order valence-electron chi connectivity index (χ2n) is 9.78. The normalized spacial score (nSPS) is 17.3. The molecule has 0 aromatic carbocycles. The van der Waals surface area contributed by atoms with Crippen molar-refractivity contribution in [2.24, 2.45) is 44.6 Å². The summed E-state index contributed by atoms with van der Waals surface area (Å²) in [6.07, 6.45) is 2.42. The van der Waals surface area contributed by atoms with Gasteiger partial charge < -0.3 is 49.3 Å². The number of nitrogens with one attached hydrogen (secondary N) is 2. The zero-order valence-electron chi connectivity index (χ0n) is 22.3. The average molecular weight is 541 g/mol. The Balaban J connectivity index is 2.95. The van der Waals surface area contributed by atoms with Crippen LogP contribution in [-0.4, -0.2) is 89.4 Å². The summed E-state index contributed by atoms with van der Waals surface area (Å²) in [5, 5.41) is 14.8. The van der Waals surface area contributed by atoms with E-state index in [1.54, 1.807) is 0 Å². The predicted molar refractivity (Wildman–Crippen MR) is 143 cm³/mol. The lowest BCUT2D eigenvalue weighted by Gasteiger charge is -2.30. The Morgan fingerprint density at radius 3 is 2.00 bits per heavy atom. The van der Waals surface area contributed by atoms with Crippen molar-refractivity contribution in [3.8, 4) is 0 Å². The number of carboxylic acid groups (broad SMARTS) is 1. The van der Waals surface area contributed by atoms with Crippen molar-refractivity contribution in [2.45, 2.75) is 83.0 Å². The Bertz CT molecular complexity index is 871. The highest BCUT2D eigenvalue weighted by atomic mass is 16.4. The van der Waals surface area contributed by atoms with E-state index in [1.807, 2.05) is 13.8 Å². The summed E-state index contributed by atoms with van der Waals surface area (Å²) in [5.74, 6) is -2.71. The van der Waals surface area contributed by atoms with Crippen LogP contribution in [-0.2, 0) is 19.2 Å². The minimum absolute atomic E-state index is 0.0848. The summed E-state index contributed by atoms with van der Waals surface area (Å²) in [7, 11) is 0. The van der Waals surface area contributed by atoms with E-state index in [-0.39, 0.29) is 50.3 Å². The molecular formula is C23H44N10O5. The number of hydrogen-bond acceptors (Lipinski definition) is 7. The molecule has 0 radical (unpaired) electrons. The minimum atomic E-state index is -1.21. The molecule has 3 amide bonds. The lowest BCUT2D eigenvalue weighted by molar-refractivity contribution is -0.145. The van der Waals surface area contributed by atoms with Crippen LogP contribution in [0.25, 0.3) is 0 Å². The molecule has 216 valence electrons. The van der Waals surface area contributed by atoms with Crippen LogP contribution < -0.4 is 39.3 Å². The molecule has 0 saturated carbocycles.